The summed E-state index contributed by atoms with van der Waals surface area (Å²) in [5, 5.41) is 12.5. The summed E-state index contributed by atoms with van der Waals surface area (Å²) in [7, 11) is 0. The van der Waals surface area contributed by atoms with Gasteiger partial charge >= 0.3 is 5.97 Å². The third kappa shape index (κ3) is 3.66. The molecule has 1 aromatic heterocycles. The number of nitrogens with zero attached hydrogens (tertiary/aromatic N) is 2. The molecule has 20 heavy (non-hydrogen) atoms. The number of aromatic nitrogens is 2. The lowest BCUT2D eigenvalue weighted by Crippen LogP contribution is -1.96. The predicted molar refractivity (Wildman–Crippen MR) is 74.4 cm³/mol. The molecule has 0 radical (unpaired) electrons. The van der Waals surface area contributed by atoms with Crippen molar-refractivity contribution in [2.45, 2.75) is 39.0 Å². The molecule has 5 heteroatoms. The number of carboxylic acids is 1. The first kappa shape index (κ1) is 14.2. The summed E-state index contributed by atoms with van der Waals surface area (Å²) >= 11 is 0. The van der Waals surface area contributed by atoms with E-state index in [4.69, 9.17) is 9.63 Å². The molecule has 0 saturated carbocycles. The van der Waals surface area contributed by atoms with Gasteiger partial charge in [0.1, 0.15) is 0 Å². The van der Waals surface area contributed by atoms with E-state index in [2.05, 4.69) is 36.1 Å². The van der Waals surface area contributed by atoms with Gasteiger partial charge in [0.25, 0.3) is 0 Å². The third-order valence-corrected chi connectivity index (χ3v) is 3.08. The largest absolute Gasteiger partial charge is 0.481 e. The first-order valence-electron chi connectivity index (χ1n) is 6.71. The van der Waals surface area contributed by atoms with Gasteiger partial charge in [0, 0.05) is 18.4 Å². The van der Waals surface area contributed by atoms with Crippen molar-refractivity contribution in [1.29, 1.82) is 0 Å². The molecule has 0 aliphatic rings. The lowest BCUT2D eigenvalue weighted by Gasteiger charge is -2.04. The number of aryl methyl sites for hydroxylation is 1. The second-order valence-corrected chi connectivity index (χ2v) is 5.04. The van der Waals surface area contributed by atoms with E-state index >= 15 is 0 Å². The highest BCUT2D eigenvalue weighted by atomic mass is 16.5. The van der Waals surface area contributed by atoms with Crippen molar-refractivity contribution in [3.05, 3.63) is 35.7 Å². The molecule has 106 valence electrons. The Morgan fingerprint density at radius 2 is 2.00 bits per heavy atom. The van der Waals surface area contributed by atoms with Crippen LogP contribution in [0, 0.1) is 0 Å². The zero-order valence-electron chi connectivity index (χ0n) is 11.7. The van der Waals surface area contributed by atoms with Crippen molar-refractivity contribution in [2.24, 2.45) is 0 Å². The summed E-state index contributed by atoms with van der Waals surface area (Å²) in [6, 6.07) is 8.06. The van der Waals surface area contributed by atoms with Crippen molar-refractivity contribution in [3.8, 4) is 11.4 Å². The molecule has 0 spiro atoms. The average molecular weight is 274 g/mol. The van der Waals surface area contributed by atoms with Crippen molar-refractivity contribution >= 4 is 5.97 Å². The van der Waals surface area contributed by atoms with E-state index in [0.717, 1.165) is 5.56 Å². The average Bonchev–Trinajstić information content (AvgIpc) is 2.87. The molecule has 2 aromatic rings. The summed E-state index contributed by atoms with van der Waals surface area (Å²) in [6.07, 6.45) is 1.10. The van der Waals surface area contributed by atoms with E-state index in [1.54, 1.807) is 0 Å². The van der Waals surface area contributed by atoms with Gasteiger partial charge in [0.05, 0.1) is 0 Å². The van der Waals surface area contributed by atoms with Crippen LogP contribution in [0.25, 0.3) is 11.4 Å². The summed E-state index contributed by atoms with van der Waals surface area (Å²) in [5.41, 5.74) is 2.17. The zero-order chi connectivity index (χ0) is 14.5. The molecule has 0 fully saturated rings. The van der Waals surface area contributed by atoms with Crippen LogP contribution in [-0.4, -0.2) is 21.2 Å². The molecule has 0 aliphatic heterocycles. The molecule has 1 aromatic carbocycles. The fourth-order valence-corrected chi connectivity index (χ4v) is 1.88. The van der Waals surface area contributed by atoms with Crippen LogP contribution in [0.15, 0.2) is 28.8 Å². The van der Waals surface area contributed by atoms with Crippen LogP contribution in [0.3, 0.4) is 0 Å². The number of rotatable bonds is 6. The Morgan fingerprint density at radius 3 is 2.60 bits per heavy atom. The highest BCUT2D eigenvalue weighted by Crippen LogP contribution is 2.20. The Labute approximate surface area is 117 Å². The Morgan fingerprint density at radius 1 is 1.30 bits per heavy atom. The summed E-state index contributed by atoms with van der Waals surface area (Å²) in [5.74, 6) is 0.703. The number of carboxylic acid groups (broad SMARTS) is 1. The SMILES string of the molecule is CC(C)c1ccc(-c2noc(CCCC(=O)O)n2)cc1. The van der Waals surface area contributed by atoms with Gasteiger partial charge in [-0.2, -0.15) is 4.98 Å². The van der Waals surface area contributed by atoms with E-state index in [0.29, 0.717) is 30.5 Å². The molecule has 1 N–H and O–H groups in total. The van der Waals surface area contributed by atoms with Gasteiger partial charge in [-0.3, -0.25) is 4.79 Å². The molecule has 0 atom stereocenters. The Bertz CT molecular complexity index is 573. The van der Waals surface area contributed by atoms with Crippen LogP contribution in [-0.2, 0) is 11.2 Å². The van der Waals surface area contributed by atoms with Gasteiger partial charge < -0.3 is 9.63 Å². The minimum Gasteiger partial charge on any atom is -0.481 e. The maximum atomic E-state index is 10.4. The van der Waals surface area contributed by atoms with Gasteiger partial charge in [-0.15, -0.1) is 0 Å². The van der Waals surface area contributed by atoms with Crippen LogP contribution in [0.1, 0.15) is 44.1 Å². The maximum absolute atomic E-state index is 10.4. The van der Waals surface area contributed by atoms with E-state index in [1.807, 2.05) is 12.1 Å². The molecule has 5 nitrogen and oxygen atoms in total. The third-order valence-electron chi connectivity index (χ3n) is 3.08. The summed E-state index contributed by atoms with van der Waals surface area (Å²) in [6.45, 7) is 4.29. The summed E-state index contributed by atoms with van der Waals surface area (Å²) < 4.78 is 5.12. The minimum atomic E-state index is -0.811. The molecule has 0 bridgehead atoms. The van der Waals surface area contributed by atoms with E-state index < -0.39 is 5.97 Å². The van der Waals surface area contributed by atoms with Gasteiger partial charge in [0.2, 0.25) is 11.7 Å². The van der Waals surface area contributed by atoms with E-state index in [-0.39, 0.29) is 6.42 Å². The van der Waals surface area contributed by atoms with Gasteiger partial charge in [-0.05, 0) is 17.9 Å². The number of hydrogen-bond donors (Lipinski definition) is 1. The molecule has 2 rings (SSSR count). The fraction of sp³-hybridized carbons (Fsp3) is 0.400. The number of benzene rings is 1. The standard InChI is InChI=1S/C15H18N2O3/c1-10(2)11-6-8-12(9-7-11)15-16-13(20-17-15)4-3-5-14(18)19/h6-10H,3-5H2,1-2H3,(H,18,19). The Balaban J connectivity index is 2.02. The van der Waals surface area contributed by atoms with E-state index in [9.17, 15) is 4.79 Å². The number of carbonyl (C=O) groups is 1. The van der Waals surface area contributed by atoms with Crippen molar-refractivity contribution in [2.75, 3.05) is 0 Å². The number of aliphatic carboxylic acids is 1. The Hall–Kier alpha value is -2.17. The topological polar surface area (TPSA) is 76.2 Å². The van der Waals surface area contributed by atoms with Gasteiger partial charge in [0.15, 0.2) is 0 Å². The van der Waals surface area contributed by atoms with Crippen LogP contribution in [0.4, 0.5) is 0 Å². The molecule has 0 saturated heterocycles. The molecular weight excluding hydrogens is 256 g/mol. The minimum absolute atomic E-state index is 0.112. The molecule has 0 unspecified atom stereocenters. The van der Waals surface area contributed by atoms with Crippen molar-refractivity contribution in [3.63, 3.8) is 0 Å². The monoisotopic (exact) mass is 274 g/mol. The second kappa shape index (κ2) is 6.32. The van der Waals surface area contributed by atoms with Crippen molar-refractivity contribution < 1.29 is 14.4 Å². The first-order valence-corrected chi connectivity index (χ1v) is 6.71. The fourth-order valence-electron chi connectivity index (χ4n) is 1.88. The van der Waals surface area contributed by atoms with Gasteiger partial charge in [-0.25, -0.2) is 0 Å². The van der Waals surface area contributed by atoms with Crippen LogP contribution in [0.5, 0.6) is 0 Å². The quantitative estimate of drug-likeness (QED) is 0.874. The normalized spacial score (nSPS) is 10.9. The van der Waals surface area contributed by atoms with E-state index in [1.165, 1.54) is 5.56 Å². The lowest BCUT2D eigenvalue weighted by atomic mass is 10.0. The molecular formula is C15H18N2O3. The molecule has 0 amide bonds. The molecule has 1 heterocycles. The van der Waals surface area contributed by atoms with Crippen molar-refractivity contribution in [1.82, 2.24) is 10.1 Å². The highest BCUT2D eigenvalue weighted by molar-refractivity contribution is 5.66. The zero-order valence-corrected chi connectivity index (χ0v) is 11.7. The lowest BCUT2D eigenvalue weighted by molar-refractivity contribution is -0.137. The van der Waals surface area contributed by atoms with Crippen LogP contribution >= 0.6 is 0 Å². The Kier molecular flexibility index (Phi) is 4.50. The van der Waals surface area contributed by atoms with Crippen LogP contribution < -0.4 is 0 Å². The first-order chi connectivity index (χ1) is 9.56. The van der Waals surface area contributed by atoms with Gasteiger partial charge in [-0.1, -0.05) is 43.3 Å². The maximum Gasteiger partial charge on any atom is 0.303 e. The summed E-state index contributed by atoms with van der Waals surface area (Å²) in [4.78, 5) is 14.7. The predicted octanol–water partition coefficient (Wildman–Crippen LogP) is 3.27. The highest BCUT2D eigenvalue weighted by Gasteiger charge is 2.09. The second-order valence-electron chi connectivity index (χ2n) is 5.04. The number of hydrogen-bond acceptors (Lipinski definition) is 4. The molecule has 0 aliphatic carbocycles. The van der Waals surface area contributed by atoms with Crippen LogP contribution in [0.2, 0.25) is 0 Å². The smallest absolute Gasteiger partial charge is 0.303 e.